The standard InChI is InChI=1S/C16H26N2/c1-13(2)11-16-12-17-9-10-18(16)14(3)15-7-5-4-6-8-15/h4-8,13-14,16-17H,9-12H2,1-3H3. The maximum atomic E-state index is 3.53. The molecule has 0 saturated carbocycles. The Balaban J connectivity index is 2.08. The predicted molar refractivity (Wildman–Crippen MR) is 77.7 cm³/mol. The zero-order chi connectivity index (χ0) is 13.0. The molecular weight excluding hydrogens is 220 g/mol. The van der Waals surface area contributed by atoms with Crippen LogP contribution in [0.25, 0.3) is 0 Å². The van der Waals surface area contributed by atoms with Gasteiger partial charge in [0.25, 0.3) is 0 Å². The molecule has 1 aliphatic rings. The second-order valence-corrected chi connectivity index (χ2v) is 5.81. The maximum Gasteiger partial charge on any atom is 0.0323 e. The Morgan fingerprint density at radius 3 is 2.61 bits per heavy atom. The monoisotopic (exact) mass is 246 g/mol. The van der Waals surface area contributed by atoms with E-state index in [1.807, 2.05) is 0 Å². The molecule has 18 heavy (non-hydrogen) atoms. The highest BCUT2D eigenvalue weighted by molar-refractivity contribution is 5.18. The number of nitrogens with one attached hydrogen (secondary N) is 1. The quantitative estimate of drug-likeness (QED) is 0.878. The van der Waals surface area contributed by atoms with E-state index in [0.717, 1.165) is 25.6 Å². The van der Waals surface area contributed by atoms with E-state index in [1.54, 1.807) is 0 Å². The highest BCUT2D eigenvalue weighted by Gasteiger charge is 2.27. The van der Waals surface area contributed by atoms with Crippen LogP contribution in [0.15, 0.2) is 30.3 Å². The van der Waals surface area contributed by atoms with Gasteiger partial charge < -0.3 is 5.32 Å². The van der Waals surface area contributed by atoms with Crippen LogP contribution in [0.5, 0.6) is 0 Å². The van der Waals surface area contributed by atoms with Crippen molar-refractivity contribution in [1.82, 2.24) is 10.2 Å². The van der Waals surface area contributed by atoms with Gasteiger partial charge in [0, 0.05) is 31.7 Å². The summed E-state index contributed by atoms with van der Waals surface area (Å²) in [6.07, 6.45) is 1.28. The number of rotatable bonds is 4. The smallest absolute Gasteiger partial charge is 0.0323 e. The minimum Gasteiger partial charge on any atom is -0.314 e. The zero-order valence-corrected chi connectivity index (χ0v) is 11.9. The van der Waals surface area contributed by atoms with Crippen LogP contribution in [0.1, 0.15) is 38.8 Å². The second kappa shape index (κ2) is 6.35. The molecule has 1 aliphatic heterocycles. The molecule has 2 unspecified atom stereocenters. The van der Waals surface area contributed by atoms with Crippen molar-refractivity contribution >= 4 is 0 Å². The Labute approximate surface area is 111 Å². The fourth-order valence-corrected chi connectivity index (χ4v) is 2.97. The van der Waals surface area contributed by atoms with Gasteiger partial charge in [-0.1, -0.05) is 44.2 Å². The minimum atomic E-state index is 0.525. The summed E-state index contributed by atoms with van der Waals surface area (Å²) < 4.78 is 0. The van der Waals surface area contributed by atoms with Crippen molar-refractivity contribution < 1.29 is 0 Å². The highest BCUT2D eigenvalue weighted by atomic mass is 15.2. The first-order valence-electron chi connectivity index (χ1n) is 7.20. The van der Waals surface area contributed by atoms with Gasteiger partial charge >= 0.3 is 0 Å². The summed E-state index contributed by atoms with van der Waals surface area (Å²) in [5.41, 5.74) is 1.44. The fourth-order valence-electron chi connectivity index (χ4n) is 2.97. The average molecular weight is 246 g/mol. The van der Waals surface area contributed by atoms with Crippen LogP contribution in [0.2, 0.25) is 0 Å². The lowest BCUT2D eigenvalue weighted by molar-refractivity contribution is 0.0996. The first kappa shape index (κ1) is 13.6. The normalized spacial score (nSPS) is 23.2. The summed E-state index contributed by atoms with van der Waals surface area (Å²) >= 11 is 0. The number of benzene rings is 1. The van der Waals surface area contributed by atoms with Gasteiger partial charge in [0.15, 0.2) is 0 Å². The van der Waals surface area contributed by atoms with E-state index in [2.05, 4.69) is 61.3 Å². The topological polar surface area (TPSA) is 15.3 Å². The van der Waals surface area contributed by atoms with E-state index < -0.39 is 0 Å². The number of piperazine rings is 1. The first-order chi connectivity index (χ1) is 8.68. The van der Waals surface area contributed by atoms with E-state index in [9.17, 15) is 0 Å². The van der Waals surface area contributed by atoms with Gasteiger partial charge in [-0.25, -0.2) is 0 Å². The van der Waals surface area contributed by atoms with Gasteiger partial charge in [-0.15, -0.1) is 0 Å². The molecule has 0 spiro atoms. The summed E-state index contributed by atoms with van der Waals surface area (Å²) in [7, 11) is 0. The maximum absolute atomic E-state index is 3.53. The molecule has 1 fully saturated rings. The van der Waals surface area contributed by atoms with E-state index in [1.165, 1.54) is 12.0 Å². The molecule has 0 aromatic heterocycles. The summed E-state index contributed by atoms with van der Waals surface area (Å²) in [5.74, 6) is 0.764. The number of hydrogen-bond donors (Lipinski definition) is 1. The molecule has 0 bridgehead atoms. The molecule has 0 amide bonds. The van der Waals surface area contributed by atoms with Crippen molar-refractivity contribution in [3.8, 4) is 0 Å². The second-order valence-electron chi connectivity index (χ2n) is 5.81. The van der Waals surface area contributed by atoms with Crippen molar-refractivity contribution in [2.45, 2.75) is 39.3 Å². The van der Waals surface area contributed by atoms with E-state index in [-0.39, 0.29) is 0 Å². The van der Waals surface area contributed by atoms with Crippen LogP contribution < -0.4 is 5.32 Å². The molecule has 1 aromatic rings. The lowest BCUT2D eigenvalue weighted by Crippen LogP contribution is -2.52. The molecule has 2 rings (SSSR count). The van der Waals surface area contributed by atoms with Crippen LogP contribution in [-0.2, 0) is 0 Å². The molecule has 2 nitrogen and oxygen atoms in total. The highest BCUT2D eigenvalue weighted by Crippen LogP contribution is 2.25. The molecule has 1 aromatic carbocycles. The molecule has 0 radical (unpaired) electrons. The van der Waals surface area contributed by atoms with Gasteiger partial charge in [0.05, 0.1) is 0 Å². The Morgan fingerprint density at radius 2 is 1.94 bits per heavy atom. The summed E-state index contributed by atoms with van der Waals surface area (Å²) in [6, 6.07) is 12.1. The lowest BCUT2D eigenvalue weighted by atomic mass is 9.97. The third-order valence-electron chi connectivity index (χ3n) is 3.92. The number of nitrogens with zero attached hydrogens (tertiary/aromatic N) is 1. The zero-order valence-electron chi connectivity index (χ0n) is 11.9. The predicted octanol–water partition coefficient (Wildman–Crippen LogP) is 3.07. The van der Waals surface area contributed by atoms with Crippen LogP contribution in [0, 0.1) is 5.92 Å². The summed E-state index contributed by atoms with van der Waals surface area (Å²) in [5, 5.41) is 3.53. The molecular formula is C16H26N2. The molecule has 2 atom stereocenters. The van der Waals surface area contributed by atoms with E-state index in [0.29, 0.717) is 12.1 Å². The Hall–Kier alpha value is -0.860. The van der Waals surface area contributed by atoms with Gasteiger partial charge in [0.1, 0.15) is 0 Å². The van der Waals surface area contributed by atoms with Gasteiger partial charge in [-0.3, -0.25) is 4.90 Å². The van der Waals surface area contributed by atoms with Gasteiger partial charge in [-0.2, -0.15) is 0 Å². The van der Waals surface area contributed by atoms with Crippen LogP contribution in [-0.4, -0.2) is 30.6 Å². The fraction of sp³-hybridized carbons (Fsp3) is 0.625. The summed E-state index contributed by atoms with van der Waals surface area (Å²) in [4.78, 5) is 2.67. The first-order valence-corrected chi connectivity index (χ1v) is 7.20. The molecule has 1 heterocycles. The minimum absolute atomic E-state index is 0.525. The molecule has 2 heteroatoms. The van der Waals surface area contributed by atoms with Crippen LogP contribution >= 0.6 is 0 Å². The Kier molecular flexibility index (Phi) is 4.79. The van der Waals surface area contributed by atoms with Crippen molar-refractivity contribution in [1.29, 1.82) is 0 Å². The van der Waals surface area contributed by atoms with Crippen molar-refractivity contribution in [3.63, 3.8) is 0 Å². The van der Waals surface area contributed by atoms with E-state index >= 15 is 0 Å². The average Bonchev–Trinajstić information content (AvgIpc) is 2.39. The molecule has 0 aliphatic carbocycles. The summed E-state index contributed by atoms with van der Waals surface area (Å²) in [6.45, 7) is 10.4. The van der Waals surface area contributed by atoms with Crippen molar-refractivity contribution in [2.75, 3.05) is 19.6 Å². The SMILES string of the molecule is CC(C)CC1CNCCN1C(C)c1ccccc1. The molecule has 100 valence electrons. The van der Waals surface area contributed by atoms with Gasteiger partial charge in [0.2, 0.25) is 0 Å². The van der Waals surface area contributed by atoms with Crippen molar-refractivity contribution in [2.24, 2.45) is 5.92 Å². The third-order valence-corrected chi connectivity index (χ3v) is 3.92. The lowest BCUT2D eigenvalue weighted by Gasteiger charge is -2.41. The van der Waals surface area contributed by atoms with Crippen LogP contribution in [0.4, 0.5) is 0 Å². The van der Waals surface area contributed by atoms with Crippen LogP contribution in [0.3, 0.4) is 0 Å². The number of hydrogen-bond acceptors (Lipinski definition) is 2. The largest absolute Gasteiger partial charge is 0.314 e. The Bertz CT molecular complexity index is 347. The van der Waals surface area contributed by atoms with Gasteiger partial charge in [-0.05, 0) is 24.8 Å². The molecule has 1 saturated heterocycles. The van der Waals surface area contributed by atoms with E-state index in [4.69, 9.17) is 0 Å². The molecule has 1 N–H and O–H groups in total. The van der Waals surface area contributed by atoms with Crippen molar-refractivity contribution in [3.05, 3.63) is 35.9 Å². The Morgan fingerprint density at radius 1 is 1.22 bits per heavy atom. The third kappa shape index (κ3) is 3.33.